The Bertz CT molecular complexity index is 770. The number of benzene rings is 2. The molecule has 1 heterocycles. The number of hydrogen-bond donors (Lipinski definition) is 0. The molecule has 2 aromatic carbocycles. The standard InChI is InChI=1S/C16H11FN2O3/c17-14-4-2-1-3-12(14)9-15(20)22-13-7-5-11(6-8-13)16-19-18-10-21-16/h1-8,10H,9H2. The molecular weight excluding hydrogens is 287 g/mol. The number of rotatable bonds is 4. The van der Waals surface area contributed by atoms with Crippen LogP contribution in [-0.2, 0) is 11.2 Å². The summed E-state index contributed by atoms with van der Waals surface area (Å²) in [5.41, 5.74) is 1.02. The van der Waals surface area contributed by atoms with E-state index in [1.165, 1.54) is 12.5 Å². The van der Waals surface area contributed by atoms with E-state index in [1.807, 2.05) is 0 Å². The highest BCUT2D eigenvalue weighted by molar-refractivity contribution is 5.75. The van der Waals surface area contributed by atoms with Crippen molar-refractivity contribution in [2.75, 3.05) is 0 Å². The minimum absolute atomic E-state index is 0.127. The molecule has 22 heavy (non-hydrogen) atoms. The van der Waals surface area contributed by atoms with Crippen LogP contribution in [0.25, 0.3) is 11.5 Å². The van der Waals surface area contributed by atoms with Crippen LogP contribution >= 0.6 is 0 Å². The molecule has 3 aromatic rings. The second-order valence-electron chi connectivity index (χ2n) is 4.51. The number of nitrogens with zero attached hydrogens (tertiary/aromatic N) is 2. The molecule has 0 aliphatic carbocycles. The Morgan fingerprint density at radius 1 is 1.14 bits per heavy atom. The summed E-state index contributed by atoms with van der Waals surface area (Å²) in [6.45, 7) is 0. The van der Waals surface area contributed by atoms with E-state index in [0.717, 1.165) is 0 Å². The minimum Gasteiger partial charge on any atom is -0.426 e. The molecule has 0 spiro atoms. The first-order valence-corrected chi connectivity index (χ1v) is 6.53. The van der Waals surface area contributed by atoms with Crippen LogP contribution in [0.15, 0.2) is 59.3 Å². The molecule has 0 bridgehead atoms. The molecule has 0 aliphatic rings. The van der Waals surface area contributed by atoms with Crippen molar-refractivity contribution in [2.45, 2.75) is 6.42 Å². The third-order valence-corrected chi connectivity index (χ3v) is 2.99. The number of carbonyl (C=O) groups excluding carboxylic acids is 1. The van der Waals surface area contributed by atoms with Crippen LogP contribution in [-0.4, -0.2) is 16.2 Å². The van der Waals surface area contributed by atoms with Gasteiger partial charge in [0.2, 0.25) is 12.3 Å². The van der Waals surface area contributed by atoms with Crippen molar-refractivity contribution in [3.8, 4) is 17.2 Å². The quantitative estimate of drug-likeness (QED) is 0.547. The molecule has 0 unspecified atom stereocenters. The molecule has 0 aliphatic heterocycles. The molecule has 0 radical (unpaired) electrons. The highest BCUT2D eigenvalue weighted by Crippen LogP contribution is 2.20. The van der Waals surface area contributed by atoms with Crippen LogP contribution in [0.4, 0.5) is 4.39 Å². The largest absolute Gasteiger partial charge is 0.426 e. The van der Waals surface area contributed by atoms with E-state index < -0.39 is 11.8 Å². The number of ether oxygens (including phenoxy) is 1. The van der Waals surface area contributed by atoms with Gasteiger partial charge in [-0.05, 0) is 35.9 Å². The molecule has 110 valence electrons. The van der Waals surface area contributed by atoms with Gasteiger partial charge in [-0.25, -0.2) is 4.39 Å². The number of aromatic nitrogens is 2. The second-order valence-corrected chi connectivity index (χ2v) is 4.51. The molecule has 6 heteroatoms. The maximum absolute atomic E-state index is 13.5. The summed E-state index contributed by atoms with van der Waals surface area (Å²) in [7, 11) is 0. The van der Waals surface area contributed by atoms with E-state index in [9.17, 15) is 9.18 Å². The summed E-state index contributed by atoms with van der Waals surface area (Å²) < 4.78 is 23.7. The third kappa shape index (κ3) is 3.17. The summed E-state index contributed by atoms with van der Waals surface area (Å²) in [4.78, 5) is 11.8. The van der Waals surface area contributed by atoms with Crippen molar-refractivity contribution in [1.82, 2.24) is 10.2 Å². The van der Waals surface area contributed by atoms with Gasteiger partial charge in [-0.2, -0.15) is 0 Å². The van der Waals surface area contributed by atoms with Gasteiger partial charge in [0.1, 0.15) is 11.6 Å². The Morgan fingerprint density at radius 2 is 1.91 bits per heavy atom. The maximum atomic E-state index is 13.5. The summed E-state index contributed by atoms with van der Waals surface area (Å²) in [6, 6.07) is 12.7. The molecule has 5 nitrogen and oxygen atoms in total. The number of halogens is 1. The van der Waals surface area contributed by atoms with E-state index in [-0.39, 0.29) is 6.42 Å². The molecule has 0 saturated heterocycles. The summed E-state index contributed by atoms with van der Waals surface area (Å²) in [5, 5.41) is 7.36. The Labute approximate surface area is 125 Å². The van der Waals surface area contributed by atoms with E-state index in [0.29, 0.717) is 22.8 Å². The second kappa shape index (κ2) is 6.17. The molecular formula is C16H11FN2O3. The predicted octanol–water partition coefficient (Wildman–Crippen LogP) is 3.02. The zero-order chi connectivity index (χ0) is 15.4. The highest BCUT2D eigenvalue weighted by Gasteiger charge is 2.10. The van der Waals surface area contributed by atoms with Crippen molar-refractivity contribution in [1.29, 1.82) is 0 Å². The van der Waals surface area contributed by atoms with Crippen molar-refractivity contribution < 1.29 is 18.3 Å². The monoisotopic (exact) mass is 298 g/mol. The predicted molar refractivity (Wildman–Crippen MR) is 75.5 cm³/mol. The fraction of sp³-hybridized carbons (Fsp3) is 0.0625. The Morgan fingerprint density at radius 3 is 2.59 bits per heavy atom. The van der Waals surface area contributed by atoms with Crippen molar-refractivity contribution in [2.24, 2.45) is 0 Å². The highest BCUT2D eigenvalue weighted by atomic mass is 19.1. The number of carbonyl (C=O) groups is 1. The fourth-order valence-corrected chi connectivity index (χ4v) is 1.93. The molecule has 3 rings (SSSR count). The maximum Gasteiger partial charge on any atom is 0.315 e. The van der Waals surface area contributed by atoms with Gasteiger partial charge in [0.15, 0.2) is 0 Å². The lowest BCUT2D eigenvalue weighted by Crippen LogP contribution is -2.12. The number of hydrogen-bond acceptors (Lipinski definition) is 5. The van der Waals surface area contributed by atoms with Crippen molar-refractivity contribution in [3.63, 3.8) is 0 Å². The van der Waals surface area contributed by atoms with Gasteiger partial charge in [-0.1, -0.05) is 18.2 Å². The summed E-state index contributed by atoms with van der Waals surface area (Å²) in [5.74, 6) is -0.212. The van der Waals surface area contributed by atoms with Gasteiger partial charge >= 0.3 is 5.97 Å². The average molecular weight is 298 g/mol. The van der Waals surface area contributed by atoms with Crippen LogP contribution in [0.5, 0.6) is 5.75 Å². The van der Waals surface area contributed by atoms with Gasteiger partial charge in [0.05, 0.1) is 6.42 Å². The van der Waals surface area contributed by atoms with E-state index in [2.05, 4.69) is 10.2 Å². The Hall–Kier alpha value is -3.02. The normalized spacial score (nSPS) is 10.4. The summed E-state index contributed by atoms with van der Waals surface area (Å²) >= 11 is 0. The third-order valence-electron chi connectivity index (χ3n) is 2.99. The van der Waals surface area contributed by atoms with Crippen molar-refractivity contribution >= 4 is 5.97 Å². The zero-order valence-corrected chi connectivity index (χ0v) is 11.4. The van der Waals surface area contributed by atoms with E-state index in [4.69, 9.17) is 9.15 Å². The van der Waals surface area contributed by atoms with Crippen LogP contribution in [0.2, 0.25) is 0 Å². The lowest BCUT2D eigenvalue weighted by molar-refractivity contribution is -0.133. The van der Waals surface area contributed by atoms with Crippen LogP contribution < -0.4 is 4.74 Å². The topological polar surface area (TPSA) is 65.2 Å². The first-order valence-electron chi connectivity index (χ1n) is 6.53. The van der Waals surface area contributed by atoms with Gasteiger partial charge in [0, 0.05) is 5.56 Å². The van der Waals surface area contributed by atoms with E-state index in [1.54, 1.807) is 42.5 Å². The van der Waals surface area contributed by atoms with Gasteiger partial charge < -0.3 is 9.15 Å². The first kappa shape index (κ1) is 13.9. The van der Waals surface area contributed by atoms with Gasteiger partial charge in [-0.15, -0.1) is 10.2 Å². The zero-order valence-electron chi connectivity index (χ0n) is 11.4. The molecule has 0 N–H and O–H groups in total. The molecule has 1 aromatic heterocycles. The van der Waals surface area contributed by atoms with Gasteiger partial charge in [0.25, 0.3) is 0 Å². The smallest absolute Gasteiger partial charge is 0.315 e. The minimum atomic E-state index is -0.532. The summed E-state index contributed by atoms with van der Waals surface area (Å²) in [6.07, 6.45) is 1.11. The fourth-order valence-electron chi connectivity index (χ4n) is 1.93. The first-order chi connectivity index (χ1) is 10.7. The average Bonchev–Trinajstić information content (AvgIpc) is 3.05. The Kier molecular flexibility index (Phi) is 3.91. The van der Waals surface area contributed by atoms with Crippen LogP contribution in [0.1, 0.15) is 5.56 Å². The van der Waals surface area contributed by atoms with Crippen molar-refractivity contribution in [3.05, 3.63) is 66.3 Å². The lowest BCUT2D eigenvalue weighted by atomic mass is 10.1. The van der Waals surface area contributed by atoms with Crippen LogP contribution in [0, 0.1) is 5.82 Å². The Balaban J connectivity index is 1.66. The molecule has 0 saturated carbocycles. The SMILES string of the molecule is O=C(Cc1ccccc1F)Oc1ccc(-c2nnco2)cc1. The van der Waals surface area contributed by atoms with E-state index >= 15 is 0 Å². The van der Waals surface area contributed by atoms with Gasteiger partial charge in [-0.3, -0.25) is 4.79 Å². The molecule has 0 amide bonds. The number of esters is 1. The lowest BCUT2D eigenvalue weighted by Gasteiger charge is -2.05. The van der Waals surface area contributed by atoms with Crippen LogP contribution in [0.3, 0.4) is 0 Å². The molecule has 0 atom stereocenters. The molecule has 0 fully saturated rings.